The number of anilines is 2. The van der Waals surface area contributed by atoms with Crippen molar-refractivity contribution in [3.63, 3.8) is 0 Å². The Balaban J connectivity index is 1.96. The summed E-state index contributed by atoms with van der Waals surface area (Å²) in [5.74, 6) is -0.0286. The van der Waals surface area contributed by atoms with E-state index in [1.54, 1.807) is 49.4 Å². The van der Waals surface area contributed by atoms with Crippen LogP contribution in [0.1, 0.15) is 6.92 Å². The third-order valence-electron chi connectivity index (χ3n) is 3.17. The van der Waals surface area contributed by atoms with Crippen LogP contribution in [0.3, 0.4) is 0 Å². The lowest BCUT2D eigenvalue weighted by atomic mass is 10.2. The van der Waals surface area contributed by atoms with Crippen molar-refractivity contribution in [2.24, 2.45) is 0 Å². The topological polar surface area (TPSA) is 76.7 Å². The molecule has 0 aliphatic carbocycles. The van der Waals surface area contributed by atoms with E-state index < -0.39 is 12.2 Å². The Kier molecular flexibility index (Phi) is 6.50. The summed E-state index contributed by atoms with van der Waals surface area (Å²) in [4.78, 5) is 23.3. The van der Waals surface area contributed by atoms with Crippen molar-refractivity contribution in [1.29, 1.82) is 0 Å². The molecule has 0 bridgehead atoms. The summed E-state index contributed by atoms with van der Waals surface area (Å²) in [6.07, 6.45) is -1.36. The molecule has 0 aliphatic heterocycles. The lowest BCUT2D eigenvalue weighted by Crippen LogP contribution is -2.30. The molecule has 6 nitrogen and oxygen atoms in total. The molecule has 0 fully saturated rings. The average Bonchev–Trinajstić information content (AvgIpc) is 2.60. The molecular weight excluding hydrogens is 367 g/mol. The quantitative estimate of drug-likeness (QED) is 0.793. The summed E-state index contributed by atoms with van der Waals surface area (Å²) in [5, 5.41) is 5.82. The third kappa shape index (κ3) is 5.27. The van der Waals surface area contributed by atoms with Crippen molar-refractivity contribution in [2.45, 2.75) is 13.0 Å². The summed E-state index contributed by atoms with van der Waals surface area (Å²) in [6.45, 7) is 1.60. The summed E-state index contributed by atoms with van der Waals surface area (Å²) in [7, 11) is 1.28. The number of benzene rings is 2. The van der Waals surface area contributed by atoms with E-state index in [1.165, 1.54) is 7.11 Å². The monoisotopic (exact) mass is 382 g/mol. The van der Waals surface area contributed by atoms with Gasteiger partial charge in [0.05, 0.1) is 12.1 Å². The number of hydrogen-bond donors (Lipinski definition) is 2. The van der Waals surface area contributed by atoms with Gasteiger partial charge < -0.3 is 14.8 Å². The molecule has 2 N–H and O–H groups in total. The number of carbonyl (C=O) groups excluding carboxylic acids is 2. The van der Waals surface area contributed by atoms with Crippen LogP contribution >= 0.6 is 23.2 Å². The molecule has 0 aromatic heterocycles. The number of carbonyl (C=O) groups is 2. The van der Waals surface area contributed by atoms with Crippen LogP contribution in [0.4, 0.5) is 16.2 Å². The first-order valence-corrected chi connectivity index (χ1v) is 8.03. The molecule has 2 rings (SSSR count). The molecule has 0 heterocycles. The second-order valence-corrected chi connectivity index (χ2v) is 5.78. The molecule has 1 unspecified atom stereocenters. The highest BCUT2D eigenvalue weighted by Crippen LogP contribution is 2.32. The SMILES string of the molecule is COC(=O)Nc1ccc(NC(=O)C(C)Oc2cccc(Cl)c2Cl)cc1. The van der Waals surface area contributed by atoms with Crippen molar-refractivity contribution in [3.05, 3.63) is 52.5 Å². The molecule has 0 aliphatic rings. The van der Waals surface area contributed by atoms with Crippen LogP contribution in [0, 0.1) is 0 Å². The van der Waals surface area contributed by atoms with Gasteiger partial charge in [0.25, 0.3) is 5.91 Å². The third-order valence-corrected chi connectivity index (χ3v) is 3.97. The fourth-order valence-corrected chi connectivity index (χ4v) is 2.21. The van der Waals surface area contributed by atoms with Gasteiger partial charge in [-0.2, -0.15) is 0 Å². The molecule has 0 spiro atoms. The molecule has 0 saturated heterocycles. The van der Waals surface area contributed by atoms with Crippen LogP contribution in [-0.2, 0) is 9.53 Å². The highest BCUT2D eigenvalue weighted by Gasteiger charge is 2.17. The average molecular weight is 383 g/mol. The molecule has 0 radical (unpaired) electrons. The summed E-state index contributed by atoms with van der Waals surface area (Å²) >= 11 is 12.0. The normalized spacial score (nSPS) is 11.4. The Bertz CT molecular complexity index is 766. The molecule has 132 valence electrons. The van der Waals surface area contributed by atoms with E-state index in [9.17, 15) is 9.59 Å². The van der Waals surface area contributed by atoms with Crippen molar-refractivity contribution < 1.29 is 19.1 Å². The van der Waals surface area contributed by atoms with Gasteiger partial charge in [-0.05, 0) is 43.3 Å². The molecule has 0 saturated carbocycles. The van der Waals surface area contributed by atoms with Gasteiger partial charge in [-0.15, -0.1) is 0 Å². The second kappa shape index (κ2) is 8.60. The maximum atomic E-state index is 12.2. The lowest BCUT2D eigenvalue weighted by molar-refractivity contribution is -0.122. The molecule has 2 aromatic rings. The molecule has 8 heteroatoms. The highest BCUT2D eigenvalue weighted by atomic mass is 35.5. The number of amides is 2. The Morgan fingerprint density at radius 1 is 1.00 bits per heavy atom. The predicted molar refractivity (Wildman–Crippen MR) is 97.7 cm³/mol. The van der Waals surface area contributed by atoms with E-state index in [-0.39, 0.29) is 10.9 Å². The number of rotatable bonds is 5. The minimum Gasteiger partial charge on any atom is -0.479 e. The van der Waals surface area contributed by atoms with Gasteiger partial charge in [-0.25, -0.2) is 4.79 Å². The van der Waals surface area contributed by atoms with E-state index in [4.69, 9.17) is 27.9 Å². The van der Waals surface area contributed by atoms with Gasteiger partial charge in [0.15, 0.2) is 6.10 Å². The lowest BCUT2D eigenvalue weighted by Gasteiger charge is -2.16. The first kappa shape index (κ1) is 18.9. The Morgan fingerprint density at radius 2 is 1.60 bits per heavy atom. The second-order valence-electron chi connectivity index (χ2n) is 5.00. The number of nitrogens with one attached hydrogen (secondary N) is 2. The van der Waals surface area contributed by atoms with Crippen molar-refractivity contribution in [2.75, 3.05) is 17.7 Å². The fourth-order valence-electron chi connectivity index (χ4n) is 1.87. The minimum absolute atomic E-state index is 0.252. The van der Waals surface area contributed by atoms with Crippen LogP contribution in [-0.4, -0.2) is 25.2 Å². The zero-order valence-electron chi connectivity index (χ0n) is 13.5. The van der Waals surface area contributed by atoms with Gasteiger partial charge >= 0.3 is 6.09 Å². The van der Waals surface area contributed by atoms with Crippen LogP contribution in [0.2, 0.25) is 10.0 Å². The van der Waals surface area contributed by atoms with Gasteiger partial charge in [0.2, 0.25) is 0 Å². The van der Waals surface area contributed by atoms with E-state index >= 15 is 0 Å². The van der Waals surface area contributed by atoms with E-state index in [2.05, 4.69) is 15.4 Å². The first-order valence-electron chi connectivity index (χ1n) is 7.27. The molecule has 1 atom stereocenters. The number of halogens is 2. The fraction of sp³-hybridized carbons (Fsp3) is 0.176. The Hall–Kier alpha value is -2.44. The molecular formula is C17H16Cl2N2O4. The predicted octanol–water partition coefficient (Wildman–Crippen LogP) is 4.58. The maximum Gasteiger partial charge on any atom is 0.411 e. The van der Waals surface area contributed by atoms with Crippen molar-refractivity contribution >= 4 is 46.6 Å². The molecule has 2 amide bonds. The van der Waals surface area contributed by atoms with Gasteiger partial charge in [0.1, 0.15) is 10.8 Å². The summed E-state index contributed by atoms with van der Waals surface area (Å²) in [6, 6.07) is 11.5. The Labute approximate surface area is 155 Å². The van der Waals surface area contributed by atoms with Crippen LogP contribution in [0.15, 0.2) is 42.5 Å². The largest absolute Gasteiger partial charge is 0.479 e. The zero-order chi connectivity index (χ0) is 18.4. The first-order chi connectivity index (χ1) is 11.9. The van der Waals surface area contributed by atoms with Gasteiger partial charge in [0, 0.05) is 11.4 Å². The van der Waals surface area contributed by atoms with Crippen LogP contribution in [0.25, 0.3) is 0 Å². The Morgan fingerprint density at radius 3 is 2.20 bits per heavy atom. The summed E-state index contributed by atoms with van der Waals surface area (Å²) < 4.78 is 10.0. The standard InChI is InChI=1S/C17H16Cl2N2O4/c1-10(25-14-5-3-4-13(18)15(14)19)16(22)20-11-6-8-12(9-7-11)21-17(23)24-2/h3-10H,1-2H3,(H,20,22)(H,21,23). The number of ether oxygens (including phenoxy) is 2. The van der Waals surface area contributed by atoms with Crippen molar-refractivity contribution in [1.82, 2.24) is 0 Å². The van der Waals surface area contributed by atoms with E-state index in [0.717, 1.165) is 0 Å². The number of hydrogen-bond acceptors (Lipinski definition) is 4. The minimum atomic E-state index is -0.788. The van der Waals surface area contributed by atoms with Crippen LogP contribution < -0.4 is 15.4 Å². The van der Waals surface area contributed by atoms with E-state index in [1.807, 2.05) is 0 Å². The molecule has 25 heavy (non-hydrogen) atoms. The van der Waals surface area contributed by atoms with Gasteiger partial charge in [-0.1, -0.05) is 29.3 Å². The van der Waals surface area contributed by atoms with E-state index in [0.29, 0.717) is 22.1 Å². The van der Waals surface area contributed by atoms with Crippen molar-refractivity contribution in [3.8, 4) is 5.75 Å². The number of methoxy groups -OCH3 is 1. The van der Waals surface area contributed by atoms with Crippen LogP contribution in [0.5, 0.6) is 5.75 Å². The highest BCUT2D eigenvalue weighted by molar-refractivity contribution is 6.42. The smallest absolute Gasteiger partial charge is 0.411 e. The summed E-state index contributed by atoms with van der Waals surface area (Å²) in [5.41, 5.74) is 1.09. The van der Waals surface area contributed by atoms with Gasteiger partial charge in [-0.3, -0.25) is 10.1 Å². The molecule has 2 aromatic carbocycles. The zero-order valence-corrected chi connectivity index (χ0v) is 15.0. The maximum absolute atomic E-state index is 12.2.